The van der Waals surface area contributed by atoms with Crippen molar-refractivity contribution in [3.05, 3.63) is 152 Å². The summed E-state index contributed by atoms with van der Waals surface area (Å²) in [6.07, 6.45) is 6.56. The van der Waals surface area contributed by atoms with Crippen LogP contribution in [0.15, 0.2) is 109 Å². The highest BCUT2D eigenvalue weighted by Crippen LogP contribution is 2.58. The van der Waals surface area contributed by atoms with Crippen molar-refractivity contribution in [3.63, 3.8) is 0 Å². The van der Waals surface area contributed by atoms with E-state index in [2.05, 4.69) is 98.6 Å². The molecule has 0 saturated heterocycles. The fourth-order valence-electron chi connectivity index (χ4n) is 4.67. The van der Waals surface area contributed by atoms with Gasteiger partial charge in [0.1, 0.15) is 11.6 Å². The van der Waals surface area contributed by atoms with Gasteiger partial charge in [-0.3, -0.25) is 4.67 Å². The highest BCUT2D eigenvalue weighted by Gasteiger charge is 2.42. The molecule has 1 fully saturated rings. The number of rotatable bonds is 8. The SMILES string of the molecule is C[C@H]([C]1[CH][CH][CH][C]1P(c1ccccc1)c1ccccc1)N(C)P(c1cccc(F)c1)c1cccc(F)c1. The van der Waals surface area contributed by atoms with E-state index in [0.717, 1.165) is 10.6 Å². The summed E-state index contributed by atoms with van der Waals surface area (Å²) in [5, 5.41) is 4.31. The second-order valence-corrected chi connectivity index (χ2v) is 13.4. The van der Waals surface area contributed by atoms with Crippen molar-refractivity contribution >= 4 is 37.2 Å². The number of hydrogen-bond donors (Lipinski definition) is 0. The molecule has 0 aliphatic heterocycles. The molecule has 5 heteroatoms. The van der Waals surface area contributed by atoms with Crippen molar-refractivity contribution in [1.82, 2.24) is 4.67 Å². The quantitative estimate of drug-likeness (QED) is 0.237. The zero-order valence-corrected chi connectivity index (χ0v) is 22.6. The number of halogens is 2. The van der Waals surface area contributed by atoms with Crippen LogP contribution < -0.4 is 21.2 Å². The second-order valence-electron chi connectivity index (χ2n) is 8.89. The maximum absolute atomic E-state index is 14.3. The maximum atomic E-state index is 14.3. The van der Waals surface area contributed by atoms with Gasteiger partial charge < -0.3 is 0 Å². The van der Waals surface area contributed by atoms with Gasteiger partial charge >= 0.3 is 0 Å². The van der Waals surface area contributed by atoms with Crippen molar-refractivity contribution in [2.45, 2.75) is 13.0 Å². The standard InChI is InChI=1S/C32H28F2NP2/c1-24(35(2)37(29-18-9-12-25(33)22-29)30-19-10-13-26(34)23-30)31-20-11-21-32(31)36(27-14-5-3-6-15-27)28-16-7-4-8-17-28/h3-24H,1-2H3/t24-/m1/s1. The minimum Gasteiger partial charge on any atom is -0.274 e. The van der Waals surface area contributed by atoms with Gasteiger partial charge in [0.25, 0.3) is 0 Å². The number of hydrogen-bond acceptors (Lipinski definition) is 1. The molecule has 1 aliphatic rings. The van der Waals surface area contributed by atoms with Crippen LogP contribution in [0.3, 0.4) is 0 Å². The van der Waals surface area contributed by atoms with Gasteiger partial charge in [0.05, 0.1) is 0 Å². The van der Waals surface area contributed by atoms with Crippen LogP contribution in [0.4, 0.5) is 8.78 Å². The average Bonchev–Trinajstić information content (AvgIpc) is 3.39. The van der Waals surface area contributed by atoms with E-state index in [1.165, 1.54) is 34.3 Å². The Balaban J connectivity index is 1.51. The molecule has 0 aromatic heterocycles. The van der Waals surface area contributed by atoms with E-state index in [0.29, 0.717) is 0 Å². The fourth-order valence-corrected chi connectivity index (χ4v) is 9.66. The Hall–Kier alpha value is -2.44. The predicted octanol–water partition coefficient (Wildman–Crippen LogP) is 6.50. The molecule has 1 aliphatic carbocycles. The van der Waals surface area contributed by atoms with Crippen LogP contribution in [0, 0.1) is 42.5 Å². The summed E-state index contributed by atoms with van der Waals surface area (Å²) < 4.78 is 30.9. The first-order valence-corrected chi connectivity index (χ1v) is 14.9. The summed E-state index contributed by atoms with van der Waals surface area (Å²) in [6, 6.07) is 34.7. The molecular weight excluding hydrogens is 498 g/mol. The third kappa shape index (κ3) is 5.85. The molecule has 1 saturated carbocycles. The molecule has 0 N–H and O–H groups in total. The Bertz CT molecular complexity index is 1220. The normalized spacial score (nSPS) is 15.6. The van der Waals surface area contributed by atoms with Gasteiger partial charge in [0.2, 0.25) is 0 Å². The summed E-state index contributed by atoms with van der Waals surface area (Å²) in [5.41, 5.74) is 1.31. The Kier molecular flexibility index (Phi) is 8.46. The van der Waals surface area contributed by atoms with Crippen LogP contribution in [-0.4, -0.2) is 17.8 Å². The molecule has 1 nitrogen and oxygen atoms in total. The number of benzene rings is 4. The molecule has 37 heavy (non-hydrogen) atoms. The summed E-state index contributed by atoms with van der Waals surface area (Å²) in [5.74, 6) is 0.669. The van der Waals surface area contributed by atoms with Gasteiger partial charge in [0.15, 0.2) is 0 Å². The smallest absolute Gasteiger partial charge is 0.123 e. The van der Waals surface area contributed by atoms with E-state index in [4.69, 9.17) is 0 Å². The van der Waals surface area contributed by atoms with Crippen molar-refractivity contribution in [3.8, 4) is 0 Å². The molecule has 4 aromatic carbocycles. The third-order valence-corrected chi connectivity index (χ3v) is 11.6. The first kappa shape index (κ1) is 26.2. The van der Waals surface area contributed by atoms with Gasteiger partial charge in [-0.1, -0.05) is 84.9 Å². The van der Waals surface area contributed by atoms with E-state index in [-0.39, 0.29) is 17.7 Å². The Morgan fingerprint density at radius 1 is 0.622 bits per heavy atom. The lowest BCUT2D eigenvalue weighted by atomic mass is 10.00. The summed E-state index contributed by atoms with van der Waals surface area (Å²) >= 11 is 0. The van der Waals surface area contributed by atoms with Crippen LogP contribution in [0.2, 0.25) is 0 Å². The van der Waals surface area contributed by atoms with Gasteiger partial charge in [0, 0.05) is 25.7 Å². The molecule has 0 heterocycles. The molecule has 4 aromatic rings. The van der Waals surface area contributed by atoms with Gasteiger partial charge in [-0.15, -0.1) is 0 Å². The van der Waals surface area contributed by atoms with Gasteiger partial charge in [-0.05, 0) is 86.6 Å². The first-order valence-electron chi connectivity index (χ1n) is 12.2. The zero-order chi connectivity index (χ0) is 25.8. The van der Waals surface area contributed by atoms with Crippen LogP contribution in [0.1, 0.15) is 6.92 Å². The fraction of sp³-hybridized carbons (Fsp3) is 0.0938. The third-order valence-electron chi connectivity index (χ3n) is 6.53. The van der Waals surface area contributed by atoms with Crippen LogP contribution in [0.25, 0.3) is 0 Å². The maximum Gasteiger partial charge on any atom is 0.123 e. The lowest BCUT2D eigenvalue weighted by Gasteiger charge is -2.40. The molecule has 0 spiro atoms. The minimum atomic E-state index is -1.17. The Morgan fingerprint density at radius 2 is 1.11 bits per heavy atom. The van der Waals surface area contributed by atoms with Crippen molar-refractivity contribution in [2.24, 2.45) is 0 Å². The molecule has 5 radical (unpaired) electrons. The van der Waals surface area contributed by atoms with Gasteiger partial charge in [-0.2, -0.15) is 0 Å². The lowest BCUT2D eigenvalue weighted by molar-refractivity contribution is 0.454. The number of nitrogens with zero attached hydrogens (tertiary/aromatic N) is 1. The zero-order valence-electron chi connectivity index (χ0n) is 20.8. The van der Waals surface area contributed by atoms with Gasteiger partial charge in [-0.25, -0.2) is 8.78 Å². The molecule has 0 bridgehead atoms. The molecule has 1 atom stereocenters. The van der Waals surface area contributed by atoms with Crippen LogP contribution in [0.5, 0.6) is 0 Å². The monoisotopic (exact) mass is 526 g/mol. The van der Waals surface area contributed by atoms with Crippen LogP contribution >= 0.6 is 16.0 Å². The summed E-state index contributed by atoms with van der Waals surface area (Å²) in [7, 11) is 0.133. The Labute approximate surface area is 222 Å². The largest absolute Gasteiger partial charge is 0.274 e. The average molecular weight is 527 g/mol. The van der Waals surface area contributed by atoms with Crippen molar-refractivity contribution in [1.29, 1.82) is 0 Å². The topological polar surface area (TPSA) is 3.24 Å². The van der Waals surface area contributed by atoms with E-state index in [1.54, 1.807) is 24.3 Å². The molecule has 0 amide bonds. The highest BCUT2D eigenvalue weighted by atomic mass is 31.1. The van der Waals surface area contributed by atoms with Crippen molar-refractivity contribution < 1.29 is 8.78 Å². The molecule has 185 valence electrons. The summed E-state index contributed by atoms with van der Waals surface area (Å²) in [6.45, 7) is 2.19. The van der Waals surface area contributed by atoms with E-state index < -0.39 is 16.0 Å². The first-order chi connectivity index (χ1) is 18.0. The van der Waals surface area contributed by atoms with Crippen LogP contribution in [-0.2, 0) is 0 Å². The molecule has 0 unspecified atom stereocenters. The Morgan fingerprint density at radius 3 is 1.59 bits per heavy atom. The highest BCUT2D eigenvalue weighted by molar-refractivity contribution is 7.76. The van der Waals surface area contributed by atoms with E-state index >= 15 is 0 Å². The summed E-state index contributed by atoms with van der Waals surface area (Å²) in [4.78, 5) is 0. The second kappa shape index (κ2) is 12.0. The minimum absolute atomic E-state index is 0.0140. The van der Waals surface area contributed by atoms with Crippen molar-refractivity contribution in [2.75, 3.05) is 7.05 Å². The van der Waals surface area contributed by atoms with E-state index in [9.17, 15) is 8.78 Å². The lowest BCUT2D eigenvalue weighted by Crippen LogP contribution is -2.38. The van der Waals surface area contributed by atoms with E-state index in [1.807, 2.05) is 12.1 Å². The molecule has 5 rings (SSSR count). The molecular formula is C32H28F2NP2. The predicted molar refractivity (Wildman–Crippen MR) is 155 cm³/mol.